The highest BCUT2D eigenvalue weighted by Gasteiger charge is 2.32. The minimum Gasteiger partial charge on any atom is -0.379 e. The standard InChI is InChI=1S/C13H24N2O3/c1-2-17-8-9-18-11-5-7-15(10-11)13(16)12-4-3-6-14-12/h11-12,14H,2-10H2,1H3/t11-,12+/m0/s1. The molecule has 2 saturated heterocycles. The van der Waals surface area contributed by atoms with Gasteiger partial charge < -0.3 is 19.7 Å². The molecule has 5 nitrogen and oxygen atoms in total. The van der Waals surface area contributed by atoms with Crippen molar-refractivity contribution in [3.05, 3.63) is 0 Å². The van der Waals surface area contributed by atoms with Gasteiger partial charge in [0.1, 0.15) is 0 Å². The zero-order valence-electron chi connectivity index (χ0n) is 11.2. The Labute approximate surface area is 109 Å². The molecule has 2 atom stereocenters. The number of likely N-dealkylation sites (tertiary alicyclic amines) is 1. The summed E-state index contributed by atoms with van der Waals surface area (Å²) in [5.41, 5.74) is 0. The van der Waals surface area contributed by atoms with Gasteiger partial charge in [-0.15, -0.1) is 0 Å². The van der Waals surface area contributed by atoms with Crippen molar-refractivity contribution in [1.82, 2.24) is 10.2 Å². The van der Waals surface area contributed by atoms with Gasteiger partial charge >= 0.3 is 0 Å². The van der Waals surface area contributed by atoms with Crippen LogP contribution in [0.3, 0.4) is 0 Å². The van der Waals surface area contributed by atoms with E-state index in [0.717, 1.165) is 45.5 Å². The number of hydrogen-bond acceptors (Lipinski definition) is 4. The summed E-state index contributed by atoms with van der Waals surface area (Å²) in [6, 6.07) is 0.0483. The van der Waals surface area contributed by atoms with Gasteiger partial charge in [0.05, 0.1) is 25.4 Å². The third kappa shape index (κ3) is 3.67. The molecule has 0 saturated carbocycles. The Morgan fingerprint density at radius 3 is 3.00 bits per heavy atom. The molecule has 18 heavy (non-hydrogen) atoms. The minimum absolute atomic E-state index is 0.0483. The van der Waals surface area contributed by atoms with E-state index in [4.69, 9.17) is 9.47 Å². The zero-order chi connectivity index (χ0) is 12.8. The number of hydrogen-bond donors (Lipinski definition) is 1. The number of nitrogens with one attached hydrogen (secondary N) is 1. The maximum absolute atomic E-state index is 12.2. The summed E-state index contributed by atoms with van der Waals surface area (Å²) in [6.45, 7) is 6.52. The summed E-state index contributed by atoms with van der Waals surface area (Å²) in [5.74, 6) is 0.253. The maximum atomic E-state index is 12.2. The summed E-state index contributed by atoms with van der Waals surface area (Å²) in [7, 11) is 0. The molecule has 0 spiro atoms. The molecule has 0 aromatic carbocycles. The fraction of sp³-hybridized carbons (Fsp3) is 0.923. The highest BCUT2D eigenvalue weighted by atomic mass is 16.5. The van der Waals surface area contributed by atoms with Crippen molar-refractivity contribution < 1.29 is 14.3 Å². The topological polar surface area (TPSA) is 50.8 Å². The first-order chi connectivity index (χ1) is 8.81. The molecule has 2 fully saturated rings. The van der Waals surface area contributed by atoms with E-state index in [9.17, 15) is 4.79 Å². The smallest absolute Gasteiger partial charge is 0.239 e. The van der Waals surface area contributed by atoms with Crippen molar-refractivity contribution in [3.63, 3.8) is 0 Å². The van der Waals surface area contributed by atoms with Crippen molar-refractivity contribution in [3.8, 4) is 0 Å². The van der Waals surface area contributed by atoms with E-state index >= 15 is 0 Å². The van der Waals surface area contributed by atoms with Crippen LogP contribution in [0.15, 0.2) is 0 Å². The Morgan fingerprint density at radius 1 is 1.39 bits per heavy atom. The molecule has 0 bridgehead atoms. The fourth-order valence-corrected chi connectivity index (χ4v) is 2.60. The number of nitrogens with zero attached hydrogens (tertiary/aromatic N) is 1. The molecule has 2 aliphatic rings. The van der Waals surface area contributed by atoms with E-state index in [1.54, 1.807) is 0 Å². The van der Waals surface area contributed by atoms with Crippen LogP contribution in [0.25, 0.3) is 0 Å². The zero-order valence-corrected chi connectivity index (χ0v) is 11.2. The third-order valence-electron chi connectivity index (χ3n) is 3.60. The van der Waals surface area contributed by atoms with Crippen LogP contribution in [-0.2, 0) is 14.3 Å². The van der Waals surface area contributed by atoms with Gasteiger partial charge in [-0.2, -0.15) is 0 Å². The lowest BCUT2D eigenvalue weighted by molar-refractivity contribution is -0.132. The fourth-order valence-electron chi connectivity index (χ4n) is 2.60. The average Bonchev–Trinajstić information content (AvgIpc) is 3.05. The summed E-state index contributed by atoms with van der Waals surface area (Å²) in [4.78, 5) is 14.1. The van der Waals surface area contributed by atoms with E-state index in [1.165, 1.54) is 0 Å². The predicted octanol–water partition coefficient (Wildman–Crippen LogP) is 0.392. The van der Waals surface area contributed by atoms with Crippen LogP contribution >= 0.6 is 0 Å². The Kier molecular flexibility index (Phi) is 5.41. The van der Waals surface area contributed by atoms with Crippen LogP contribution < -0.4 is 5.32 Å². The van der Waals surface area contributed by atoms with Crippen molar-refractivity contribution in [2.75, 3.05) is 39.5 Å². The molecule has 2 aliphatic heterocycles. The number of rotatable bonds is 6. The first-order valence-corrected chi connectivity index (χ1v) is 7.02. The SMILES string of the molecule is CCOCCO[C@H]1CCN(C(=O)[C@H]2CCCN2)C1. The number of ether oxygens (including phenoxy) is 2. The van der Waals surface area contributed by atoms with Crippen molar-refractivity contribution in [2.24, 2.45) is 0 Å². The molecule has 0 radical (unpaired) electrons. The van der Waals surface area contributed by atoms with Gasteiger partial charge in [0, 0.05) is 19.7 Å². The predicted molar refractivity (Wildman–Crippen MR) is 68.5 cm³/mol. The van der Waals surface area contributed by atoms with Crippen LogP contribution in [0.1, 0.15) is 26.2 Å². The Morgan fingerprint density at radius 2 is 2.28 bits per heavy atom. The first kappa shape index (κ1) is 13.8. The molecule has 0 aliphatic carbocycles. The number of amides is 1. The van der Waals surface area contributed by atoms with Gasteiger partial charge in [0.25, 0.3) is 0 Å². The first-order valence-electron chi connectivity index (χ1n) is 7.02. The van der Waals surface area contributed by atoms with Crippen molar-refractivity contribution in [2.45, 2.75) is 38.3 Å². The second-order valence-electron chi connectivity index (χ2n) is 4.91. The van der Waals surface area contributed by atoms with E-state index in [1.807, 2.05) is 11.8 Å². The quantitative estimate of drug-likeness (QED) is 0.699. The maximum Gasteiger partial charge on any atom is 0.239 e. The monoisotopic (exact) mass is 256 g/mol. The average molecular weight is 256 g/mol. The van der Waals surface area contributed by atoms with E-state index in [2.05, 4.69) is 5.32 Å². The lowest BCUT2D eigenvalue weighted by Crippen LogP contribution is -2.42. The summed E-state index contributed by atoms with van der Waals surface area (Å²) < 4.78 is 10.9. The second kappa shape index (κ2) is 7.07. The molecule has 2 rings (SSSR count). The van der Waals surface area contributed by atoms with Crippen LogP contribution in [0.5, 0.6) is 0 Å². The normalized spacial score (nSPS) is 27.9. The largest absolute Gasteiger partial charge is 0.379 e. The molecule has 1 amide bonds. The number of carbonyl (C=O) groups excluding carboxylic acids is 1. The van der Waals surface area contributed by atoms with Crippen molar-refractivity contribution in [1.29, 1.82) is 0 Å². The van der Waals surface area contributed by atoms with Gasteiger partial charge in [-0.3, -0.25) is 4.79 Å². The van der Waals surface area contributed by atoms with Crippen LogP contribution in [0, 0.1) is 0 Å². The van der Waals surface area contributed by atoms with Gasteiger partial charge in [-0.1, -0.05) is 0 Å². The Balaban J connectivity index is 1.66. The third-order valence-corrected chi connectivity index (χ3v) is 3.60. The lowest BCUT2D eigenvalue weighted by Gasteiger charge is -2.20. The van der Waals surface area contributed by atoms with Crippen molar-refractivity contribution >= 4 is 5.91 Å². The molecule has 5 heteroatoms. The Hall–Kier alpha value is -0.650. The molecular weight excluding hydrogens is 232 g/mol. The van der Waals surface area contributed by atoms with Gasteiger partial charge in [0.2, 0.25) is 5.91 Å². The highest BCUT2D eigenvalue weighted by molar-refractivity contribution is 5.82. The highest BCUT2D eigenvalue weighted by Crippen LogP contribution is 2.16. The molecule has 0 unspecified atom stereocenters. The molecule has 0 aromatic rings. The van der Waals surface area contributed by atoms with Gasteiger partial charge in [0.15, 0.2) is 0 Å². The lowest BCUT2D eigenvalue weighted by atomic mass is 10.2. The molecule has 1 N–H and O–H groups in total. The second-order valence-corrected chi connectivity index (χ2v) is 4.91. The van der Waals surface area contributed by atoms with Gasteiger partial charge in [-0.05, 0) is 32.7 Å². The number of carbonyl (C=O) groups is 1. The molecule has 0 aromatic heterocycles. The van der Waals surface area contributed by atoms with Crippen LogP contribution in [0.2, 0.25) is 0 Å². The van der Waals surface area contributed by atoms with Crippen LogP contribution in [0.4, 0.5) is 0 Å². The van der Waals surface area contributed by atoms with E-state index in [-0.39, 0.29) is 18.1 Å². The van der Waals surface area contributed by atoms with E-state index < -0.39 is 0 Å². The molecular formula is C13H24N2O3. The minimum atomic E-state index is 0.0483. The summed E-state index contributed by atoms with van der Waals surface area (Å²) in [6.07, 6.45) is 3.23. The van der Waals surface area contributed by atoms with E-state index in [0.29, 0.717) is 13.2 Å². The molecule has 104 valence electrons. The summed E-state index contributed by atoms with van der Waals surface area (Å²) in [5, 5.41) is 3.26. The van der Waals surface area contributed by atoms with Crippen LogP contribution in [-0.4, -0.2) is 62.4 Å². The molecule has 2 heterocycles. The summed E-state index contributed by atoms with van der Waals surface area (Å²) >= 11 is 0. The van der Waals surface area contributed by atoms with Gasteiger partial charge in [-0.25, -0.2) is 0 Å². The Bertz CT molecular complexity index is 267.